The Balaban J connectivity index is 0.00000156. The molecule has 2 aromatic carbocycles. The Morgan fingerprint density at radius 3 is 2.62 bits per heavy atom. The van der Waals surface area contributed by atoms with Gasteiger partial charge < -0.3 is 25.3 Å². The van der Waals surface area contributed by atoms with Gasteiger partial charge in [0.15, 0.2) is 5.84 Å². The highest BCUT2D eigenvalue weighted by molar-refractivity contribution is 6.03. The monoisotopic (exact) mass is 505 g/mol. The van der Waals surface area contributed by atoms with E-state index in [1.54, 1.807) is 25.4 Å². The van der Waals surface area contributed by atoms with Crippen molar-refractivity contribution in [2.24, 2.45) is 5.16 Å². The number of benzene rings is 2. The smallest absolute Gasteiger partial charge is 0.238 e. The number of aliphatic hydroxyl groups excluding tert-OH is 1. The lowest BCUT2D eigenvalue weighted by Crippen LogP contribution is -2.54. The summed E-state index contributed by atoms with van der Waals surface area (Å²) in [5.41, 5.74) is 8.93. The van der Waals surface area contributed by atoms with Gasteiger partial charge in [0.2, 0.25) is 5.72 Å². The van der Waals surface area contributed by atoms with Crippen LogP contribution in [-0.4, -0.2) is 51.8 Å². The quantitative estimate of drug-likeness (QED) is 0.502. The number of aliphatic hydroxyl groups is 1. The number of piperidine rings is 1. The highest BCUT2D eigenvalue weighted by atomic mass is 19.1. The molecule has 1 aromatic heterocycles. The van der Waals surface area contributed by atoms with E-state index in [1.807, 2.05) is 36.9 Å². The van der Waals surface area contributed by atoms with Gasteiger partial charge in [-0.3, -0.25) is 4.98 Å². The maximum Gasteiger partial charge on any atom is 0.238 e. The molecule has 1 fully saturated rings. The van der Waals surface area contributed by atoms with Gasteiger partial charge in [0, 0.05) is 18.5 Å². The molecule has 1 saturated heterocycles. The largest absolute Gasteiger partial charge is 0.496 e. The van der Waals surface area contributed by atoms with Crippen molar-refractivity contribution in [2.75, 3.05) is 26.0 Å². The lowest BCUT2D eigenvalue weighted by Gasteiger charge is -2.38. The number of nitrogens with two attached hydrogens (primary N) is 1. The molecule has 5 rings (SSSR count). The topological polar surface area (TPSA) is 106 Å². The maximum absolute atomic E-state index is 13.4. The van der Waals surface area contributed by atoms with Crippen LogP contribution in [0, 0.1) is 5.82 Å². The molecular weight excluding hydrogens is 473 g/mol. The Morgan fingerprint density at radius 1 is 1.16 bits per heavy atom. The molecule has 0 amide bonds. The third-order valence-corrected chi connectivity index (χ3v) is 6.32. The van der Waals surface area contributed by atoms with Crippen LogP contribution in [0.5, 0.6) is 5.75 Å². The molecule has 1 atom stereocenters. The van der Waals surface area contributed by atoms with E-state index >= 15 is 0 Å². The van der Waals surface area contributed by atoms with Crippen LogP contribution >= 0.6 is 0 Å². The van der Waals surface area contributed by atoms with Crippen molar-refractivity contribution in [3.63, 3.8) is 0 Å². The van der Waals surface area contributed by atoms with Crippen LogP contribution < -0.4 is 10.5 Å². The van der Waals surface area contributed by atoms with E-state index in [-0.39, 0.29) is 12.4 Å². The number of hydrogen-bond acceptors (Lipinski definition) is 8. The van der Waals surface area contributed by atoms with Gasteiger partial charge >= 0.3 is 0 Å². The SMILES string of the molecule is CC.COc1cc(/C=C2\CCCN3C2=NOC3(CO)Cc2ccc(F)cc2)ccc1-c1cnc(N)cn1. The highest BCUT2D eigenvalue weighted by Crippen LogP contribution is 2.37. The number of methoxy groups -OCH3 is 1. The first-order valence-electron chi connectivity index (χ1n) is 12.4. The lowest BCUT2D eigenvalue weighted by molar-refractivity contribution is -0.129. The summed E-state index contributed by atoms with van der Waals surface area (Å²) in [4.78, 5) is 16.3. The Labute approximate surface area is 216 Å². The molecule has 0 aliphatic carbocycles. The molecule has 0 spiro atoms. The highest BCUT2D eigenvalue weighted by Gasteiger charge is 2.47. The molecule has 194 valence electrons. The number of aromatic nitrogens is 2. The number of rotatable bonds is 6. The van der Waals surface area contributed by atoms with E-state index in [4.69, 9.17) is 15.3 Å². The zero-order valence-electron chi connectivity index (χ0n) is 21.3. The second kappa shape index (κ2) is 11.4. The van der Waals surface area contributed by atoms with Crippen LogP contribution in [-0.2, 0) is 11.3 Å². The second-order valence-corrected chi connectivity index (χ2v) is 8.62. The molecule has 8 nitrogen and oxygen atoms in total. The summed E-state index contributed by atoms with van der Waals surface area (Å²) >= 11 is 0. The number of oxime groups is 1. The van der Waals surface area contributed by atoms with Gasteiger partial charge in [-0.05, 0) is 59.9 Å². The molecule has 0 radical (unpaired) electrons. The van der Waals surface area contributed by atoms with Crippen molar-refractivity contribution in [1.29, 1.82) is 0 Å². The number of hydrogen-bond donors (Lipinski definition) is 2. The fraction of sp³-hybridized carbons (Fsp3) is 0.321. The summed E-state index contributed by atoms with van der Waals surface area (Å²) in [7, 11) is 1.61. The van der Waals surface area contributed by atoms with Crippen LogP contribution in [0.3, 0.4) is 0 Å². The number of nitrogen functional groups attached to an aromatic ring is 1. The molecule has 9 heteroatoms. The number of amidine groups is 1. The Morgan fingerprint density at radius 2 is 1.95 bits per heavy atom. The van der Waals surface area contributed by atoms with Gasteiger partial charge in [-0.15, -0.1) is 0 Å². The molecule has 0 bridgehead atoms. The molecule has 37 heavy (non-hydrogen) atoms. The van der Waals surface area contributed by atoms with Gasteiger partial charge in [0.1, 0.15) is 24.0 Å². The minimum absolute atomic E-state index is 0.240. The number of ether oxygens (including phenoxy) is 1. The van der Waals surface area contributed by atoms with Crippen molar-refractivity contribution in [1.82, 2.24) is 14.9 Å². The summed E-state index contributed by atoms with van der Waals surface area (Å²) in [5, 5.41) is 14.7. The van der Waals surface area contributed by atoms with Crippen molar-refractivity contribution in [3.8, 4) is 17.0 Å². The molecular formula is C28H32FN5O3. The number of fused-ring (bicyclic) bond motifs is 1. The van der Waals surface area contributed by atoms with Gasteiger partial charge in [-0.25, -0.2) is 9.37 Å². The predicted molar refractivity (Wildman–Crippen MR) is 142 cm³/mol. The molecule has 0 saturated carbocycles. The van der Waals surface area contributed by atoms with Gasteiger partial charge in [0.25, 0.3) is 0 Å². The Hall–Kier alpha value is -3.98. The number of anilines is 1. The van der Waals surface area contributed by atoms with E-state index < -0.39 is 5.72 Å². The van der Waals surface area contributed by atoms with Crippen LogP contribution in [0.15, 0.2) is 65.6 Å². The fourth-order valence-electron chi connectivity index (χ4n) is 4.54. The summed E-state index contributed by atoms with van der Waals surface area (Å²) in [5.74, 6) is 1.43. The van der Waals surface area contributed by atoms with Crippen LogP contribution in [0.4, 0.5) is 10.2 Å². The van der Waals surface area contributed by atoms with Crippen LogP contribution in [0.2, 0.25) is 0 Å². The predicted octanol–water partition coefficient (Wildman–Crippen LogP) is 4.65. The van der Waals surface area contributed by atoms with E-state index in [9.17, 15) is 9.50 Å². The van der Waals surface area contributed by atoms with E-state index in [1.165, 1.54) is 18.3 Å². The first kappa shape index (κ1) is 26.1. The van der Waals surface area contributed by atoms with Crippen LogP contribution in [0.25, 0.3) is 17.3 Å². The molecule has 3 aromatic rings. The van der Waals surface area contributed by atoms with Crippen LogP contribution in [0.1, 0.15) is 37.8 Å². The lowest BCUT2D eigenvalue weighted by atomic mass is 9.95. The Bertz CT molecular complexity index is 1280. The van der Waals surface area contributed by atoms with E-state index in [0.717, 1.165) is 35.1 Å². The Kier molecular flexibility index (Phi) is 8.03. The van der Waals surface area contributed by atoms with Crippen molar-refractivity contribution < 1.29 is 19.1 Å². The normalized spacial score (nSPS) is 19.4. The standard InChI is InChI=1S/C26H26FN5O3.C2H6/c1-34-23-12-18(6-9-21(23)22-14-30-24(28)15-29-22)11-19-3-2-10-32-25(19)31-35-26(32,16-33)13-17-4-7-20(27)8-5-17;1-2/h4-9,11-12,14-15,33H,2-3,10,13,16H2,1H3,(H2,28,30);1-2H3/b19-11+;. The molecule has 1 unspecified atom stereocenters. The summed E-state index contributed by atoms with van der Waals surface area (Å²) in [6.45, 7) is 4.46. The molecule has 2 aliphatic rings. The number of halogens is 1. The first-order chi connectivity index (χ1) is 18.0. The average molecular weight is 506 g/mol. The zero-order valence-corrected chi connectivity index (χ0v) is 21.3. The fourth-order valence-corrected chi connectivity index (χ4v) is 4.54. The molecule has 3 N–H and O–H groups in total. The second-order valence-electron chi connectivity index (χ2n) is 8.62. The van der Waals surface area contributed by atoms with Crippen molar-refractivity contribution in [3.05, 3.63) is 77.4 Å². The zero-order chi connectivity index (χ0) is 26.4. The summed E-state index contributed by atoms with van der Waals surface area (Å²) in [6, 6.07) is 12.1. The van der Waals surface area contributed by atoms with Gasteiger partial charge in [-0.2, -0.15) is 0 Å². The minimum Gasteiger partial charge on any atom is -0.496 e. The molecule has 2 aliphatic heterocycles. The van der Waals surface area contributed by atoms with E-state index in [2.05, 4.69) is 21.2 Å². The minimum atomic E-state index is -1.01. The van der Waals surface area contributed by atoms with E-state index in [0.29, 0.717) is 36.1 Å². The summed E-state index contributed by atoms with van der Waals surface area (Å²) < 4.78 is 19.0. The average Bonchev–Trinajstić information content (AvgIpc) is 3.31. The maximum atomic E-state index is 13.4. The van der Waals surface area contributed by atoms with Crippen molar-refractivity contribution >= 4 is 17.7 Å². The number of nitrogens with zero attached hydrogens (tertiary/aromatic N) is 4. The van der Waals surface area contributed by atoms with Gasteiger partial charge in [0.05, 0.1) is 25.2 Å². The van der Waals surface area contributed by atoms with Gasteiger partial charge in [-0.1, -0.05) is 37.2 Å². The first-order valence-corrected chi connectivity index (χ1v) is 12.4. The van der Waals surface area contributed by atoms with Crippen molar-refractivity contribution in [2.45, 2.75) is 38.8 Å². The third kappa shape index (κ3) is 5.41. The summed E-state index contributed by atoms with van der Waals surface area (Å²) in [6.07, 6.45) is 7.28. The third-order valence-electron chi connectivity index (χ3n) is 6.32. The molecule has 3 heterocycles.